The average molecular weight is 360 g/mol. The fraction of sp³-hybridized carbons (Fsp3) is 0.333. The molecule has 2 amide bonds. The SMILES string of the molecule is CCOC(=O)C1=C(C[NH+](C)Cc2ccco2)NC(=O)N[C@H]1c1ccco1. The zero-order valence-electron chi connectivity index (χ0n) is 14.7. The van der Waals surface area contributed by atoms with E-state index in [4.69, 9.17) is 13.6 Å². The van der Waals surface area contributed by atoms with Crippen molar-refractivity contribution in [2.75, 3.05) is 20.2 Å². The van der Waals surface area contributed by atoms with Crippen LogP contribution < -0.4 is 15.5 Å². The first-order chi connectivity index (χ1) is 12.6. The minimum atomic E-state index is -0.691. The minimum Gasteiger partial charge on any atom is -0.467 e. The molecule has 8 nitrogen and oxygen atoms in total. The van der Waals surface area contributed by atoms with E-state index in [1.807, 2.05) is 19.2 Å². The van der Waals surface area contributed by atoms with Gasteiger partial charge in [0.25, 0.3) is 0 Å². The lowest BCUT2D eigenvalue weighted by atomic mass is 10.00. The highest BCUT2D eigenvalue weighted by molar-refractivity contribution is 5.95. The Kier molecular flexibility index (Phi) is 5.43. The smallest absolute Gasteiger partial charge is 0.338 e. The molecule has 26 heavy (non-hydrogen) atoms. The molecule has 8 heteroatoms. The summed E-state index contributed by atoms with van der Waals surface area (Å²) in [6, 6.07) is 6.05. The number of hydrogen-bond acceptors (Lipinski definition) is 5. The molecule has 1 unspecified atom stereocenters. The lowest BCUT2D eigenvalue weighted by molar-refractivity contribution is -0.890. The van der Waals surface area contributed by atoms with E-state index < -0.39 is 12.0 Å². The van der Waals surface area contributed by atoms with Crippen molar-refractivity contribution in [1.29, 1.82) is 0 Å². The maximum atomic E-state index is 12.6. The summed E-state index contributed by atoms with van der Waals surface area (Å²) in [5, 5.41) is 5.47. The van der Waals surface area contributed by atoms with Gasteiger partial charge in [-0.05, 0) is 31.2 Å². The molecule has 0 aromatic carbocycles. The molecule has 0 bridgehead atoms. The number of quaternary nitrogens is 1. The largest absolute Gasteiger partial charge is 0.467 e. The van der Waals surface area contributed by atoms with E-state index in [-0.39, 0.29) is 12.6 Å². The van der Waals surface area contributed by atoms with Gasteiger partial charge in [-0.3, -0.25) is 0 Å². The van der Waals surface area contributed by atoms with Gasteiger partial charge < -0.3 is 29.1 Å². The Morgan fingerprint density at radius 3 is 2.65 bits per heavy atom. The number of esters is 1. The molecule has 0 spiro atoms. The molecular formula is C18H22N3O5+. The van der Waals surface area contributed by atoms with Crippen LogP contribution >= 0.6 is 0 Å². The fourth-order valence-electron chi connectivity index (χ4n) is 2.95. The van der Waals surface area contributed by atoms with Gasteiger partial charge in [0.2, 0.25) is 0 Å². The van der Waals surface area contributed by atoms with Gasteiger partial charge in [-0.15, -0.1) is 0 Å². The minimum absolute atomic E-state index is 0.240. The van der Waals surface area contributed by atoms with E-state index in [2.05, 4.69) is 10.6 Å². The van der Waals surface area contributed by atoms with Gasteiger partial charge in [0, 0.05) is 0 Å². The Labute approximate surface area is 150 Å². The third-order valence-corrected chi connectivity index (χ3v) is 4.01. The molecule has 2 atom stereocenters. The van der Waals surface area contributed by atoms with Crippen LogP contribution in [0.1, 0.15) is 24.5 Å². The average Bonchev–Trinajstić information content (AvgIpc) is 3.27. The van der Waals surface area contributed by atoms with E-state index in [1.165, 1.54) is 6.26 Å². The van der Waals surface area contributed by atoms with Crippen molar-refractivity contribution in [3.63, 3.8) is 0 Å². The molecular weight excluding hydrogens is 338 g/mol. The first kappa shape index (κ1) is 17.8. The Morgan fingerprint density at radius 2 is 2.00 bits per heavy atom. The summed E-state index contributed by atoms with van der Waals surface area (Å²) in [6.45, 7) is 3.01. The molecule has 138 valence electrons. The summed E-state index contributed by atoms with van der Waals surface area (Å²) in [7, 11) is 1.95. The predicted octanol–water partition coefficient (Wildman–Crippen LogP) is 0.759. The maximum Gasteiger partial charge on any atom is 0.338 e. The zero-order valence-corrected chi connectivity index (χ0v) is 14.7. The van der Waals surface area contributed by atoms with Crippen molar-refractivity contribution in [3.05, 3.63) is 59.6 Å². The number of urea groups is 1. The van der Waals surface area contributed by atoms with Crippen LogP contribution in [0.15, 0.2) is 56.9 Å². The summed E-state index contributed by atoms with van der Waals surface area (Å²) in [4.78, 5) is 25.7. The van der Waals surface area contributed by atoms with Crippen molar-refractivity contribution in [2.24, 2.45) is 0 Å². The second-order valence-corrected chi connectivity index (χ2v) is 6.05. The molecule has 1 aliphatic rings. The highest BCUT2D eigenvalue weighted by Crippen LogP contribution is 2.27. The number of rotatable bonds is 7. The molecule has 3 N–H and O–H groups in total. The van der Waals surface area contributed by atoms with E-state index in [0.29, 0.717) is 30.1 Å². The molecule has 3 rings (SSSR count). The molecule has 1 aliphatic heterocycles. The molecule has 0 aliphatic carbocycles. The summed E-state index contributed by atoms with van der Waals surface area (Å²) < 4.78 is 16.0. The number of carbonyl (C=O) groups excluding carboxylic acids is 2. The van der Waals surface area contributed by atoms with Crippen LogP contribution in [0, 0.1) is 0 Å². The highest BCUT2D eigenvalue weighted by Gasteiger charge is 2.36. The third-order valence-electron chi connectivity index (χ3n) is 4.01. The van der Waals surface area contributed by atoms with E-state index in [0.717, 1.165) is 10.7 Å². The van der Waals surface area contributed by atoms with Crippen LogP contribution in [0.5, 0.6) is 0 Å². The van der Waals surface area contributed by atoms with Crippen molar-refractivity contribution in [3.8, 4) is 0 Å². The van der Waals surface area contributed by atoms with Crippen LogP contribution in [0.25, 0.3) is 0 Å². The van der Waals surface area contributed by atoms with Gasteiger partial charge in [-0.2, -0.15) is 0 Å². The van der Waals surface area contributed by atoms with Gasteiger partial charge in [0.15, 0.2) is 5.76 Å². The second kappa shape index (κ2) is 7.92. The Balaban J connectivity index is 1.90. The van der Waals surface area contributed by atoms with Gasteiger partial charge in [0.05, 0.1) is 37.5 Å². The summed E-state index contributed by atoms with van der Waals surface area (Å²) in [5.74, 6) is 0.815. The zero-order chi connectivity index (χ0) is 18.5. The number of likely N-dealkylation sites (N-methyl/N-ethyl adjacent to an activating group) is 1. The molecule has 0 fully saturated rings. The van der Waals surface area contributed by atoms with Crippen LogP contribution in [0.3, 0.4) is 0 Å². The summed E-state index contributed by atoms with van der Waals surface area (Å²) in [6.07, 6.45) is 3.12. The topological polar surface area (TPSA) is 98.2 Å². The Morgan fingerprint density at radius 1 is 1.23 bits per heavy atom. The fourth-order valence-corrected chi connectivity index (χ4v) is 2.95. The number of hydrogen-bond donors (Lipinski definition) is 3. The van der Waals surface area contributed by atoms with Crippen molar-refractivity contribution >= 4 is 12.0 Å². The normalized spacial score (nSPS) is 18.2. The van der Waals surface area contributed by atoms with Gasteiger partial charge in [-0.1, -0.05) is 0 Å². The molecule has 0 saturated carbocycles. The molecule has 0 saturated heterocycles. The van der Waals surface area contributed by atoms with E-state index in [9.17, 15) is 9.59 Å². The molecule has 0 radical (unpaired) electrons. The first-order valence-corrected chi connectivity index (χ1v) is 8.43. The van der Waals surface area contributed by atoms with Crippen LogP contribution in [-0.4, -0.2) is 32.2 Å². The number of carbonyl (C=O) groups is 2. The standard InChI is InChI=1S/C18H21N3O5/c1-3-24-17(22)15-13(11-21(2)10-12-6-4-8-25-12)19-18(23)20-16(15)14-7-5-9-26-14/h4-9,16H,3,10-11H2,1-2H3,(H2,19,20,23)/p+1/t16-/m0/s1. The van der Waals surface area contributed by atoms with Gasteiger partial charge >= 0.3 is 12.0 Å². The predicted molar refractivity (Wildman–Crippen MR) is 90.9 cm³/mol. The lowest BCUT2D eigenvalue weighted by Gasteiger charge is -2.28. The number of nitrogens with one attached hydrogen (secondary N) is 3. The number of ether oxygens (including phenoxy) is 1. The van der Waals surface area contributed by atoms with Crippen molar-refractivity contribution in [1.82, 2.24) is 10.6 Å². The lowest BCUT2D eigenvalue weighted by Crippen LogP contribution is -3.08. The van der Waals surface area contributed by atoms with Crippen LogP contribution in [-0.2, 0) is 16.1 Å². The second-order valence-electron chi connectivity index (χ2n) is 6.05. The quantitative estimate of drug-likeness (QED) is 0.633. The van der Waals surface area contributed by atoms with Crippen LogP contribution in [0.4, 0.5) is 4.79 Å². The van der Waals surface area contributed by atoms with Crippen molar-refractivity contribution in [2.45, 2.75) is 19.5 Å². The van der Waals surface area contributed by atoms with E-state index >= 15 is 0 Å². The number of furan rings is 2. The molecule has 2 aromatic heterocycles. The maximum absolute atomic E-state index is 12.6. The Hall–Kier alpha value is -3.00. The van der Waals surface area contributed by atoms with Crippen molar-refractivity contribution < 1.29 is 28.1 Å². The monoisotopic (exact) mass is 360 g/mol. The first-order valence-electron chi connectivity index (χ1n) is 8.43. The third kappa shape index (κ3) is 3.97. The Bertz CT molecular complexity index is 780. The number of amides is 2. The molecule has 3 heterocycles. The molecule has 2 aromatic rings. The summed E-state index contributed by atoms with van der Waals surface area (Å²) >= 11 is 0. The van der Waals surface area contributed by atoms with E-state index in [1.54, 1.807) is 25.3 Å². The highest BCUT2D eigenvalue weighted by atomic mass is 16.5. The van der Waals surface area contributed by atoms with Gasteiger partial charge in [0.1, 0.15) is 24.9 Å². The van der Waals surface area contributed by atoms with Gasteiger partial charge in [-0.25, -0.2) is 9.59 Å². The summed E-state index contributed by atoms with van der Waals surface area (Å²) in [5.41, 5.74) is 0.859. The van der Waals surface area contributed by atoms with Crippen LogP contribution in [0.2, 0.25) is 0 Å².